The summed E-state index contributed by atoms with van der Waals surface area (Å²) in [5.74, 6) is -1.64. The molecule has 0 spiro atoms. The van der Waals surface area contributed by atoms with Crippen molar-refractivity contribution in [2.45, 2.75) is 37.4 Å². The van der Waals surface area contributed by atoms with E-state index in [0.717, 1.165) is 0 Å². The lowest BCUT2D eigenvalue weighted by molar-refractivity contribution is -0.203. The van der Waals surface area contributed by atoms with Crippen molar-refractivity contribution in [3.05, 3.63) is 0 Å². The van der Waals surface area contributed by atoms with Crippen molar-refractivity contribution < 1.29 is 29.2 Å². The molecule has 15 heavy (non-hydrogen) atoms. The third-order valence-corrected chi connectivity index (χ3v) is 2.65. The molecule has 2 N–H and O–H groups in total. The van der Waals surface area contributed by atoms with E-state index in [9.17, 15) is 9.90 Å². The zero-order valence-electron chi connectivity index (χ0n) is 8.60. The molecule has 0 amide bonds. The van der Waals surface area contributed by atoms with Gasteiger partial charge in [-0.05, 0) is 13.8 Å². The van der Waals surface area contributed by atoms with Crippen LogP contribution in [-0.2, 0) is 19.0 Å². The number of aliphatic hydroxyl groups excluding tert-OH is 2. The molecule has 0 unspecified atom stereocenters. The number of hydrogen-bond acceptors (Lipinski definition) is 6. The standard InChI is InChI=1S/C9H14O6/c1-8(2)14-6-5(3-10)13-7(12)9(6,4-11)15-8/h5-6,10-11H,3-4H2,1-2H3/t5-,6-,9-/m1/s1. The summed E-state index contributed by atoms with van der Waals surface area (Å²) in [6, 6.07) is 0. The number of rotatable bonds is 2. The Bertz CT molecular complexity index is 288. The summed E-state index contributed by atoms with van der Waals surface area (Å²) in [6.07, 6.45) is -1.53. The fourth-order valence-electron chi connectivity index (χ4n) is 2.07. The molecular weight excluding hydrogens is 204 g/mol. The summed E-state index contributed by atoms with van der Waals surface area (Å²) < 4.78 is 15.7. The van der Waals surface area contributed by atoms with Gasteiger partial charge in [0.1, 0.15) is 6.10 Å². The van der Waals surface area contributed by atoms with Crippen LogP contribution < -0.4 is 0 Å². The Balaban J connectivity index is 2.34. The summed E-state index contributed by atoms with van der Waals surface area (Å²) in [4.78, 5) is 11.6. The van der Waals surface area contributed by atoms with Crippen LogP contribution in [0.1, 0.15) is 13.8 Å². The Morgan fingerprint density at radius 2 is 2.07 bits per heavy atom. The van der Waals surface area contributed by atoms with Gasteiger partial charge in [-0.15, -0.1) is 0 Å². The third kappa shape index (κ3) is 1.37. The van der Waals surface area contributed by atoms with E-state index in [4.69, 9.17) is 19.3 Å². The zero-order valence-corrected chi connectivity index (χ0v) is 8.60. The largest absolute Gasteiger partial charge is 0.455 e. The molecule has 0 radical (unpaired) electrons. The van der Waals surface area contributed by atoms with E-state index in [-0.39, 0.29) is 6.61 Å². The van der Waals surface area contributed by atoms with Crippen molar-refractivity contribution in [2.24, 2.45) is 0 Å². The molecule has 2 rings (SSSR count). The number of carbonyl (C=O) groups is 1. The molecule has 0 aromatic rings. The molecule has 0 aromatic heterocycles. The van der Waals surface area contributed by atoms with Crippen LogP contribution in [0.25, 0.3) is 0 Å². The molecule has 2 saturated heterocycles. The number of fused-ring (bicyclic) bond motifs is 1. The molecule has 0 saturated carbocycles. The van der Waals surface area contributed by atoms with Crippen LogP contribution in [0.4, 0.5) is 0 Å². The molecule has 2 fully saturated rings. The Hall–Kier alpha value is -0.690. The van der Waals surface area contributed by atoms with E-state index in [1.807, 2.05) is 0 Å². The van der Waals surface area contributed by atoms with Gasteiger partial charge in [-0.1, -0.05) is 0 Å². The van der Waals surface area contributed by atoms with Crippen molar-refractivity contribution in [2.75, 3.05) is 13.2 Å². The van der Waals surface area contributed by atoms with E-state index < -0.39 is 36.2 Å². The molecule has 86 valence electrons. The minimum Gasteiger partial charge on any atom is -0.455 e. The van der Waals surface area contributed by atoms with Crippen LogP contribution in [0.15, 0.2) is 0 Å². The average molecular weight is 218 g/mol. The third-order valence-electron chi connectivity index (χ3n) is 2.65. The number of carbonyl (C=O) groups excluding carboxylic acids is 1. The smallest absolute Gasteiger partial charge is 0.344 e. The van der Waals surface area contributed by atoms with Crippen LogP contribution in [0.3, 0.4) is 0 Å². The normalized spacial score (nSPS) is 42.8. The molecule has 6 heteroatoms. The first-order chi connectivity index (χ1) is 6.95. The first-order valence-electron chi connectivity index (χ1n) is 4.76. The molecule has 2 aliphatic heterocycles. The highest BCUT2D eigenvalue weighted by Gasteiger charge is 2.67. The van der Waals surface area contributed by atoms with Crippen molar-refractivity contribution in [1.29, 1.82) is 0 Å². The molecule has 3 atom stereocenters. The van der Waals surface area contributed by atoms with Crippen LogP contribution >= 0.6 is 0 Å². The monoisotopic (exact) mass is 218 g/mol. The predicted octanol–water partition coefficient (Wildman–Crippen LogP) is -1.21. The summed E-state index contributed by atoms with van der Waals surface area (Å²) >= 11 is 0. The number of esters is 1. The Kier molecular flexibility index (Phi) is 2.27. The van der Waals surface area contributed by atoms with Gasteiger partial charge in [0.2, 0.25) is 5.60 Å². The molecule has 2 heterocycles. The lowest BCUT2D eigenvalue weighted by Gasteiger charge is -2.22. The number of cyclic esters (lactones) is 1. The van der Waals surface area contributed by atoms with E-state index in [0.29, 0.717) is 0 Å². The highest BCUT2D eigenvalue weighted by atomic mass is 16.8. The maximum absolute atomic E-state index is 11.6. The molecule has 6 nitrogen and oxygen atoms in total. The average Bonchev–Trinajstić information content (AvgIpc) is 2.58. The van der Waals surface area contributed by atoms with Crippen LogP contribution in [0.2, 0.25) is 0 Å². The van der Waals surface area contributed by atoms with E-state index in [1.54, 1.807) is 13.8 Å². The van der Waals surface area contributed by atoms with Crippen molar-refractivity contribution in [1.82, 2.24) is 0 Å². The van der Waals surface area contributed by atoms with E-state index >= 15 is 0 Å². The van der Waals surface area contributed by atoms with Crippen LogP contribution in [-0.4, -0.2) is 53.0 Å². The van der Waals surface area contributed by atoms with Gasteiger partial charge < -0.3 is 24.4 Å². The molecular formula is C9H14O6. The maximum Gasteiger partial charge on any atom is 0.344 e. The SMILES string of the molecule is CC1(C)O[C@@H]2[C@@H](CO)OC(=O)[C@]2(CO)O1. The van der Waals surface area contributed by atoms with E-state index in [2.05, 4.69) is 0 Å². The number of aliphatic hydroxyl groups is 2. The minimum absolute atomic E-state index is 0.350. The molecule has 2 aliphatic rings. The summed E-state index contributed by atoms with van der Waals surface area (Å²) in [6.45, 7) is 2.42. The summed E-state index contributed by atoms with van der Waals surface area (Å²) in [7, 11) is 0. The first-order valence-corrected chi connectivity index (χ1v) is 4.76. The van der Waals surface area contributed by atoms with E-state index in [1.165, 1.54) is 0 Å². The lowest BCUT2D eigenvalue weighted by atomic mass is 9.97. The highest BCUT2D eigenvalue weighted by Crippen LogP contribution is 2.43. The highest BCUT2D eigenvalue weighted by molar-refractivity contribution is 5.84. The van der Waals surface area contributed by atoms with Crippen molar-refractivity contribution in [3.8, 4) is 0 Å². The van der Waals surface area contributed by atoms with Gasteiger partial charge in [-0.25, -0.2) is 4.79 Å². The molecule has 0 aliphatic carbocycles. The zero-order chi connectivity index (χ0) is 11.3. The molecule has 0 aromatic carbocycles. The number of ether oxygens (including phenoxy) is 3. The van der Waals surface area contributed by atoms with Gasteiger partial charge in [0.05, 0.1) is 13.2 Å². The lowest BCUT2D eigenvalue weighted by Crippen LogP contribution is -2.48. The van der Waals surface area contributed by atoms with Gasteiger partial charge in [0.15, 0.2) is 11.9 Å². The van der Waals surface area contributed by atoms with Gasteiger partial charge in [0, 0.05) is 0 Å². The fourth-order valence-corrected chi connectivity index (χ4v) is 2.07. The minimum atomic E-state index is -1.48. The van der Waals surface area contributed by atoms with Gasteiger partial charge in [-0.3, -0.25) is 0 Å². The van der Waals surface area contributed by atoms with Crippen LogP contribution in [0.5, 0.6) is 0 Å². The maximum atomic E-state index is 11.6. The van der Waals surface area contributed by atoms with Crippen molar-refractivity contribution in [3.63, 3.8) is 0 Å². The van der Waals surface area contributed by atoms with Gasteiger partial charge in [0.25, 0.3) is 0 Å². The second-order valence-electron chi connectivity index (χ2n) is 4.21. The second-order valence-corrected chi connectivity index (χ2v) is 4.21. The summed E-state index contributed by atoms with van der Waals surface area (Å²) in [5, 5.41) is 18.3. The molecule has 0 bridgehead atoms. The second kappa shape index (κ2) is 3.15. The first kappa shape index (κ1) is 10.8. The predicted molar refractivity (Wildman–Crippen MR) is 46.8 cm³/mol. The van der Waals surface area contributed by atoms with Gasteiger partial charge >= 0.3 is 5.97 Å². The van der Waals surface area contributed by atoms with Crippen molar-refractivity contribution >= 4 is 5.97 Å². The topological polar surface area (TPSA) is 85.2 Å². The Labute approximate surface area is 86.7 Å². The summed E-state index contributed by atoms with van der Waals surface area (Å²) in [5.41, 5.74) is -1.48. The quantitative estimate of drug-likeness (QED) is 0.565. The van der Waals surface area contributed by atoms with Gasteiger partial charge in [-0.2, -0.15) is 0 Å². The number of hydrogen-bond donors (Lipinski definition) is 2. The Morgan fingerprint density at radius 1 is 1.40 bits per heavy atom. The fraction of sp³-hybridized carbons (Fsp3) is 0.889. The van der Waals surface area contributed by atoms with Crippen LogP contribution in [0, 0.1) is 0 Å². The Morgan fingerprint density at radius 3 is 2.60 bits per heavy atom.